The lowest BCUT2D eigenvalue weighted by Crippen LogP contribution is -1.68. The number of rotatable bonds is 2. The van der Waals surface area contributed by atoms with Gasteiger partial charge in [0.1, 0.15) is 0 Å². The molecular weight excluding hydrogens is 484 g/mol. The number of aromatic nitrogens is 1. The predicted octanol–water partition coefficient (Wildman–Crippen LogP) is 5.87. The number of halogens is 2. The number of hydrogen-bond acceptors (Lipinski definition) is 4. The molecule has 0 unspecified atom stereocenters. The van der Waals surface area contributed by atoms with Crippen molar-refractivity contribution < 1.29 is 0 Å². The maximum Gasteiger partial charge on any atom is 0.230 e. The summed E-state index contributed by atoms with van der Waals surface area (Å²) in [5, 5.41) is 9.23. The molecule has 0 spiro atoms. The summed E-state index contributed by atoms with van der Waals surface area (Å²) in [6.07, 6.45) is 1.80. The van der Waals surface area contributed by atoms with Gasteiger partial charge in [-0.3, -0.25) is 0 Å². The Morgan fingerprint density at radius 3 is 2.53 bits per heavy atom. The van der Waals surface area contributed by atoms with Crippen molar-refractivity contribution in [3.63, 3.8) is 0 Å². The van der Waals surface area contributed by atoms with E-state index in [0.717, 1.165) is 14.1 Å². The summed E-state index contributed by atoms with van der Waals surface area (Å²) in [5.74, 6) is 0. The van der Waals surface area contributed by atoms with Crippen LogP contribution < -0.4 is 0 Å². The molecule has 2 aliphatic rings. The van der Waals surface area contributed by atoms with E-state index in [1.165, 1.54) is 20.5 Å². The third-order valence-corrected chi connectivity index (χ3v) is 5.05. The minimum atomic E-state index is 0.689. The first-order valence-corrected chi connectivity index (χ1v) is 8.42. The first kappa shape index (κ1) is 13.4. The van der Waals surface area contributed by atoms with E-state index >= 15 is 0 Å². The van der Waals surface area contributed by atoms with E-state index in [-0.39, 0.29) is 0 Å². The van der Waals surface area contributed by atoms with Crippen molar-refractivity contribution in [1.82, 2.24) is 4.98 Å². The summed E-state index contributed by atoms with van der Waals surface area (Å²) < 4.78 is 2.30. The SMILES string of the molecule is Ic1cnc(N=Nc2cc(I)c3cccccc2-3)s1. The van der Waals surface area contributed by atoms with Crippen LogP contribution in [0.2, 0.25) is 0 Å². The van der Waals surface area contributed by atoms with Gasteiger partial charge in [-0.25, -0.2) is 4.98 Å². The van der Waals surface area contributed by atoms with Crippen LogP contribution in [0.4, 0.5) is 10.8 Å². The highest BCUT2D eigenvalue weighted by Crippen LogP contribution is 2.39. The first-order valence-electron chi connectivity index (χ1n) is 5.44. The van der Waals surface area contributed by atoms with E-state index in [0.29, 0.717) is 5.13 Å². The molecule has 0 aromatic carbocycles. The molecule has 0 aliphatic heterocycles. The Labute approximate surface area is 141 Å². The van der Waals surface area contributed by atoms with Crippen molar-refractivity contribution >= 4 is 67.3 Å². The van der Waals surface area contributed by atoms with Gasteiger partial charge in [-0.15, -0.1) is 10.2 Å². The smallest absolute Gasteiger partial charge is 0.224 e. The molecule has 6 heteroatoms. The number of hydrogen-bond donors (Lipinski definition) is 0. The van der Waals surface area contributed by atoms with Gasteiger partial charge in [-0.1, -0.05) is 41.7 Å². The van der Waals surface area contributed by atoms with Crippen LogP contribution in [0.25, 0.3) is 11.1 Å². The molecule has 0 atom stereocenters. The molecule has 94 valence electrons. The molecule has 3 rings (SSSR count). The lowest BCUT2D eigenvalue weighted by Gasteiger charge is -1.93. The van der Waals surface area contributed by atoms with E-state index in [9.17, 15) is 0 Å². The van der Waals surface area contributed by atoms with E-state index in [4.69, 9.17) is 0 Å². The largest absolute Gasteiger partial charge is 0.230 e. The average Bonchev–Trinajstić information content (AvgIpc) is 2.82. The quantitative estimate of drug-likeness (QED) is 0.327. The Morgan fingerprint density at radius 1 is 1.00 bits per heavy atom. The van der Waals surface area contributed by atoms with Crippen LogP contribution >= 0.6 is 56.5 Å². The zero-order valence-corrected chi connectivity index (χ0v) is 14.7. The third-order valence-electron chi connectivity index (χ3n) is 2.54. The highest BCUT2D eigenvalue weighted by atomic mass is 127. The van der Waals surface area contributed by atoms with Crippen LogP contribution in [0.3, 0.4) is 0 Å². The summed E-state index contributed by atoms with van der Waals surface area (Å²) >= 11 is 6.08. The monoisotopic (exact) mass is 491 g/mol. The van der Waals surface area contributed by atoms with Gasteiger partial charge in [0.25, 0.3) is 0 Å². The minimum Gasteiger partial charge on any atom is -0.224 e. The molecule has 3 nitrogen and oxygen atoms in total. The lowest BCUT2D eigenvalue weighted by molar-refractivity contribution is 1.20. The minimum absolute atomic E-state index is 0.689. The molecule has 0 bridgehead atoms. The van der Waals surface area contributed by atoms with Crippen LogP contribution in [0, 0.1) is 6.45 Å². The van der Waals surface area contributed by atoms with Gasteiger partial charge < -0.3 is 0 Å². The molecule has 1 aromatic rings. The number of fused-ring (bicyclic) bond motifs is 1. The van der Waals surface area contributed by atoms with Gasteiger partial charge >= 0.3 is 0 Å². The van der Waals surface area contributed by atoms with Crippen molar-refractivity contribution in [1.29, 1.82) is 0 Å². The highest BCUT2D eigenvalue weighted by Gasteiger charge is 2.12. The fourth-order valence-corrected chi connectivity index (χ4v) is 3.69. The zero-order chi connectivity index (χ0) is 13.2. The van der Waals surface area contributed by atoms with Crippen molar-refractivity contribution in [2.24, 2.45) is 10.2 Å². The van der Waals surface area contributed by atoms with Gasteiger partial charge in [0, 0.05) is 9.13 Å². The van der Waals surface area contributed by atoms with Crippen molar-refractivity contribution in [3.05, 3.63) is 49.0 Å². The topological polar surface area (TPSA) is 37.6 Å². The standard InChI is InChI=1S/C13H7I2N3S/c14-10-6-11(9-5-3-1-2-4-8(9)10)17-18-13-16-7-12(15)19-13/h1-7H. The lowest BCUT2D eigenvalue weighted by atomic mass is 10.2. The molecule has 0 amide bonds. The molecule has 0 fully saturated rings. The number of thiazole rings is 1. The molecule has 1 heterocycles. The average molecular weight is 491 g/mol. The maximum absolute atomic E-state index is 4.33. The van der Waals surface area contributed by atoms with Crippen LogP contribution in [0.5, 0.6) is 0 Å². The molecule has 0 radical (unpaired) electrons. The third kappa shape index (κ3) is 2.95. The molecule has 1 aromatic heterocycles. The summed E-state index contributed by atoms with van der Waals surface area (Å²) in [6, 6.07) is 12.3. The molecular formula is C13H7I2N3S. The number of azo groups is 1. The molecule has 2 aliphatic carbocycles. The second-order valence-electron chi connectivity index (χ2n) is 3.76. The Balaban J connectivity index is 2.01. The summed E-state index contributed by atoms with van der Waals surface area (Å²) in [4.78, 5) is 4.18. The van der Waals surface area contributed by atoms with Gasteiger partial charge in [0.15, 0.2) is 0 Å². The Bertz CT molecular complexity index is 724. The van der Waals surface area contributed by atoms with Crippen LogP contribution in [0.1, 0.15) is 0 Å². The molecule has 19 heavy (non-hydrogen) atoms. The van der Waals surface area contributed by atoms with E-state index in [1.807, 2.05) is 24.3 Å². The van der Waals surface area contributed by atoms with E-state index in [1.54, 1.807) is 6.20 Å². The van der Waals surface area contributed by atoms with Crippen LogP contribution in [0.15, 0.2) is 52.8 Å². The molecule has 0 N–H and O–H groups in total. The van der Waals surface area contributed by atoms with E-state index < -0.39 is 0 Å². The van der Waals surface area contributed by atoms with Crippen molar-refractivity contribution in [2.45, 2.75) is 0 Å². The normalized spacial score (nSPS) is 11.5. The molecule has 0 saturated heterocycles. The fraction of sp³-hybridized carbons (Fsp3) is 0. The maximum atomic E-state index is 4.33. The Kier molecular flexibility index (Phi) is 4.08. The van der Waals surface area contributed by atoms with Crippen molar-refractivity contribution in [2.75, 3.05) is 0 Å². The summed E-state index contributed by atoms with van der Waals surface area (Å²) in [7, 11) is 0. The summed E-state index contributed by atoms with van der Waals surface area (Å²) in [5.41, 5.74) is 3.21. The first-order chi connectivity index (χ1) is 9.24. The van der Waals surface area contributed by atoms with Gasteiger partial charge in [0.2, 0.25) is 5.13 Å². The Morgan fingerprint density at radius 2 is 1.79 bits per heavy atom. The zero-order valence-electron chi connectivity index (χ0n) is 9.55. The van der Waals surface area contributed by atoms with E-state index in [2.05, 4.69) is 72.5 Å². The van der Waals surface area contributed by atoms with Gasteiger partial charge in [-0.05, 0) is 56.8 Å². The van der Waals surface area contributed by atoms with Gasteiger partial charge in [-0.2, -0.15) is 0 Å². The second kappa shape index (κ2) is 5.80. The Hall–Kier alpha value is -0.610. The number of nitrogens with zero attached hydrogens (tertiary/aromatic N) is 3. The van der Waals surface area contributed by atoms with Crippen LogP contribution in [-0.4, -0.2) is 4.98 Å². The van der Waals surface area contributed by atoms with Crippen molar-refractivity contribution in [3.8, 4) is 11.1 Å². The van der Waals surface area contributed by atoms with Crippen LogP contribution in [-0.2, 0) is 0 Å². The fourth-order valence-electron chi connectivity index (χ4n) is 1.73. The molecule has 0 saturated carbocycles. The predicted molar refractivity (Wildman–Crippen MR) is 94.8 cm³/mol. The second-order valence-corrected chi connectivity index (χ2v) is 7.83. The summed E-state index contributed by atoms with van der Waals surface area (Å²) in [6.45, 7) is 0. The van der Waals surface area contributed by atoms with Gasteiger partial charge in [0.05, 0.1) is 14.8 Å². The highest BCUT2D eigenvalue weighted by molar-refractivity contribution is 14.1.